The average molecular weight is 466 g/mol. The Morgan fingerprint density at radius 2 is 1.69 bits per heavy atom. The number of carbonyl (C=O) groups is 1. The van der Waals surface area contributed by atoms with Crippen molar-refractivity contribution in [2.24, 2.45) is 4.99 Å². The van der Waals surface area contributed by atoms with Gasteiger partial charge in [-0.05, 0) is 35.2 Å². The molecule has 2 aromatic carbocycles. The zero-order valence-corrected chi connectivity index (χ0v) is 17.8. The summed E-state index contributed by atoms with van der Waals surface area (Å²) < 4.78 is 0. The molecule has 6 heteroatoms. The molecule has 0 heterocycles. The minimum Gasteiger partial charge on any atom is -0.352 e. The minimum atomic E-state index is -0.0721. The molecule has 0 fully saturated rings. The molecule has 140 valence electrons. The van der Waals surface area contributed by atoms with E-state index in [9.17, 15) is 4.79 Å². The van der Waals surface area contributed by atoms with Gasteiger partial charge >= 0.3 is 0 Å². The molecule has 0 aliphatic rings. The second-order valence-electron chi connectivity index (χ2n) is 5.78. The van der Waals surface area contributed by atoms with Crippen molar-refractivity contribution in [2.75, 3.05) is 12.4 Å². The number of nitrogens with one attached hydrogen (secondary N) is 3. The molecule has 0 aliphatic carbocycles. The van der Waals surface area contributed by atoms with E-state index in [1.807, 2.05) is 24.3 Å². The van der Waals surface area contributed by atoms with E-state index in [1.54, 1.807) is 7.05 Å². The van der Waals surface area contributed by atoms with Crippen LogP contribution < -0.4 is 16.0 Å². The highest BCUT2D eigenvalue weighted by atomic mass is 127. The van der Waals surface area contributed by atoms with Gasteiger partial charge in [0.05, 0.1) is 0 Å². The monoisotopic (exact) mass is 466 g/mol. The molecular formula is C20H27IN4O. The molecule has 0 atom stereocenters. The third-order valence-corrected chi connectivity index (χ3v) is 3.88. The molecule has 0 aliphatic heterocycles. The van der Waals surface area contributed by atoms with E-state index < -0.39 is 0 Å². The third kappa shape index (κ3) is 7.03. The largest absolute Gasteiger partial charge is 0.352 e. The second-order valence-corrected chi connectivity index (χ2v) is 5.78. The smallest absolute Gasteiger partial charge is 0.221 e. The van der Waals surface area contributed by atoms with Crippen molar-refractivity contribution in [3.63, 3.8) is 0 Å². The van der Waals surface area contributed by atoms with E-state index in [-0.39, 0.29) is 29.9 Å². The molecule has 0 unspecified atom stereocenters. The van der Waals surface area contributed by atoms with Crippen molar-refractivity contribution in [3.05, 3.63) is 65.2 Å². The lowest BCUT2D eigenvalue weighted by molar-refractivity contribution is -0.114. The first kappa shape index (κ1) is 22.0. The summed E-state index contributed by atoms with van der Waals surface area (Å²) in [7, 11) is 1.76. The average Bonchev–Trinajstić information content (AvgIpc) is 2.62. The van der Waals surface area contributed by atoms with Gasteiger partial charge < -0.3 is 16.0 Å². The third-order valence-electron chi connectivity index (χ3n) is 3.88. The summed E-state index contributed by atoms with van der Waals surface area (Å²) in [5.74, 6) is 0.674. The Bertz CT molecular complexity index is 746. The van der Waals surface area contributed by atoms with Crippen molar-refractivity contribution in [3.8, 4) is 0 Å². The molecule has 5 nitrogen and oxygen atoms in total. The van der Waals surface area contributed by atoms with E-state index in [0.717, 1.165) is 30.2 Å². The summed E-state index contributed by atoms with van der Waals surface area (Å²) in [5, 5.41) is 9.44. The maximum absolute atomic E-state index is 11.2. The quantitative estimate of drug-likeness (QED) is 0.346. The van der Waals surface area contributed by atoms with Crippen LogP contribution in [-0.4, -0.2) is 18.9 Å². The normalized spacial score (nSPS) is 10.7. The lowest BCUT2D eigenvalue weighted by atomic mass is 10.1. The summed E-state index contributed by atoms with van der Waals surface area (Å²) in [6.45, 7) is 5.02. The Morgan fingerprint density at radius 3 is 2.35 bits per heavy atom. The maximum Gasteiger partial charge on any atom is 0.221 e. The van der Waals surface area contributed by atoms with Crippen LogP contribution in [0.3, 0.4) is 0 Å². The number of guanidine groups is 1. The van der Waals surface area contributed by atoms with Crippen molar-refractivity contribution in [2.45, 2.75) is 33.4 Å². The SMILES string of the molecule is CCc1ccccc1CNC(=NC)NCc1cccc(NC(C)=O)c1.I. The number of anilines is 1. The van der Waals surface area contributed by atoms with Gasteiger partial charge in [-0.25, -0.2) is 0 Å². The van der Waals surface area contributed by atoms with Crippen molar-refractivity contribution < 1.29 is 4.79 Å². The lowest BCUT2D eigenvalue weighted by Gasteiger charge is -2.14. The molecule has 1 amide bonds. The van der Waals surface area contributed by atoms with Gasteiger partial charge in [0.15, 0.2) is 5.96 Å². The number of rotatable bonds is 6. The molecule has 0 spiro atoms. The fraction of sp³-hybridized carbons (Fsp3) is 0.300. The Balaban J connectivity index is 0.00000338. The molecule has 2 rings (SSSR count). The molecule has 0 saturated heterocycles. The van der Waals surface area contributed by atoms with E-state index >= 15 is 0 Å². The van der Waals surface area contributed by atoms with Crippen LogP contribution in [-0.2, 0) is 24.3 Å². The highest BCUT2D eigenvalue weighted by molar-refractivity contribution is 14.0. The lowest BCUT2D eigenvalue weighted by Crippen LogP contribution is -2.36. The number of nitrogens with zero attached hydrogens (tertiary/aromatic N) is 1. The van der Waals surface area contributed by atoms with Crippen molar-refractivity contribution in [1.29, 1.82) is 0 Å². The number of hydrogen-bond donors (Lipinski definition) is 3. The fourth-order valence-electron chi connectivity index (χ4n) is 2.62. The predicted octanol–water partition coefficient (Wildman–Crippen LogP) is 3.69. The van der Waals surface area contributed by atoms with Crippen LogP contribution >= 0.6 is 24.0 Å². The highest BCUT2D eigenvalue weighted by Gasteiger charge is 2.03. The minimum absolute atomic E-state index is 0. The molecular weight excluding hydrogens is 439 g/mol. The van der Waals surface area contributed by atoms with Crippen LogP contribution in [0.15, 0.2) is 53.5 Å². The topological polar surface area (TPSA) is 65.5 Å². The summed E-state index contributed by atoms with van der Waals surface area (Å²) in [4.78, 5) is 15.4. The number of carbonyl (C=O) groups excluding carboxylic acids is 1. The van der Waals surface area contributed by atoms with Gasteiger partial charge in [0.25, 0.3) is 0 Å². The first-order valence-electron chi connectivity index (χ1n) is 8.50. The number of aliphatic imine (C=N–C) groups is 1. The molecule has 0 aromatic heterocycles. The number of aryl methyl sites for hydroxylation is 1. The Morgan fingerprint density at radius 1 is 1.00 bits per heavy atom. The van der Waals surface area contributed by atoms with Crippen LogP contribution in [0.1, 0.15) is 30.5 Å². The summed E-state index contributed by atoms with van der Waals surface area (Å²) in [5.41, 5.74) is 4.49. The fourth-order valence-corrected chi connectivity index (χ4v) is 2.62. The summed E-state index contributed by atoms with van der Waals surface area (Å²) >= 11 is 0. The van der Waals surface area contributed by atoms with Gasteiger partial charge in [0, 0.05) is 32.7 Å². The van der Waals surface area contributed by atoms with Gasteiger partial charge in [0.1, 0.15) is 0 Å². The molecule has 0 bridgehead atoms. The first-order chi connectivity index (χ1) is 12.1. The first-order valence-corrected chi connectivity index (χ1v) is 8.50. The van der Waals surface area contributed by atoms with Crippen molar-refractivity contribution >= 4 is 41.5 Å². The molecule has 0 saturated carbocycles. The summed E-state index contributed by atoms with van der Waals surface area (Å²) in [6, 6.07) is 16.2. The van der Waals surface area contributed by atoms with Crippen LogP contribution in [0.2, 0.25) is 0 Å². The van der Waals surface area contributed by atoms with Crippen LogP contribution in [0, 0.1) is 0 Å². The number of hydrogen-bond acceptors (Lipinski definition) is 2. The highest BCUT2D eigenvalue weighted by Crippen LogP contribution is 2.11. The Labute approximate surface area is 172 Å². The van der Waals surface area contributed by atoms with Crippen LogP contribution in [0.25, 0.3) is 0 Å². The number of halogens is 1. The van der Waals surface area contributed by atoms with Crippen LogP contribution in [0.5, 0.6) is 0 Å². The van der Waals surface area contributed by atoms with Gasteiger partial charge in [-0.2, -0.15) is 0 Å². The molecule has 2 aromatic rings. The molecule has 3 N–H and O–H groups in total. The van der Waals surface area contributed by atoms with Gasteiger partial charge in [-0.1, -0.05) is 43.3 Å². The number of amides is 1. The van der Waals surface area contributed by atoms with Gasteiger partial charge in [0.2, 0.25) is 5.91 Å². The van der Waals surface area contributed by atoms with E-state index in [1.165, 1.54) is 18.1 Å². The molecule has 26 heavy (non-hydrogen) atoms. The van der Waals surface area contributed by atoms with Gasteiger partial charge in [-0.15, -0.1) is 24.0 Å². The Hall–Kier alpha value is -2.09. The van der Waals surface area contributed by atoms with Gasteiger partial charge in [-0.3, -0.25) is 9.79 Å². The molecule has 0 radical (unpaired) electrons. The zero-order chi connectivity index (χ0) is 18.1. The zero-order valence-electron chi connectivity index (χ0n) is 15.5. The van der Waals surface area contributed by atoms with Crippen LogP contribution in [0.4, 0.5) is 5.69 Å². The maximum atomic E-state index is 11.2. The van der Waals surface area contributed by atoms with Crippen molar-refractivity contribution in [1.82, 2.24) is 10.6 Å². The van der Waals surface area contributed by atoms with E-state index in [2.05, 4.69) is 52.1 Å². The van der Waals surface area contributed by atoms with E-state index in [0.29, 0.717) is 6.54 Å². The predicted molar refractivity (Wildman–Crippen MR) is 119 cm³/mol. The second kappa shape index (κ2) is 11.5. The van der Waals surface area contributed by atoms with E-state index in [4.69, 9.17) is 0 Å². The standard InChI is InChI=1S/C20H26N4O.HI/c1-4-17-9-5-6-10-18(17)14-23-20(21-3)22-13-16-8-7-11-19(12-16)24-15(2)25;/h5-12H,4,13-14H2,1-3H3,(H,24,25)(H2,21,22,23);1H. The number of benzene rings is 2. The summed E-state index contributed by atoms with van der Waals surface area (Å²) in [6.07, 6.45) is 1.01. The Kier molecular flexibility index (Phi) is 9.72.